The van der Waals surface area contributed by atoms with E-state index in [9.17, 15) is 13.6 Å². The summed E-state index contributed by atoms with van der Waals surface area (Å²) in [6.45, 7) is 3.63. The number of amides is 1. The first-order chi connectivity index (χ1) is 10.1. The zero-order chi connectivity index (χ0) is 15.2. The number of ether oxygens (including phenoxy) is 1. The van der Waals surface area contributed by atoms with Crippen LogP contribution in [0.3, 0.4) is 0 Å². The third kappa shape index (κ3) is 4.67. The maximum Gasteiger partial charge on any atom is 0.223 e. The Labute approximate surface area is 122 Å². The van der Waals surface area contributed by atoms with Crippen molar-refractivity contribution in [2.75, 3.05) is 19.7 Å². The highest BCUT2D eigenvalue weighted by Gasteiger charge is 2.22. The monoisotopic (exact) mass is 298 g/mol. The van der Waals surface area contributed by atoms with E-state index in [0.29, 0.717) is 0 Å². The van der Waals surface area contributed by atoms with Gasteiger partial charge >= 0.3 is 0 Å². The number of carbonyl (C=O) groups excluding carboxylic acids is 1. The van der Waals surface area contributed by atoms with Crippen LogP contribution in [-0.2, 0) is 4.79 Å². The molecule has 1 aliphatic rings. The quantitative estimate of drug-likeness (QED) is 0.872. The lowest BCUT2D eigenvalue weighted by molar-refractivity contribution is -0.126. The summed E-state index contributed by atoms with van der Waals surface area (Å²) >= 11 is 0. The maximum atomic E-state index is 13.4. The molecule has 6 heteroatoms. The molecule has 0 spiro atoms. The molecule has 21 heavy (non-hydrogen) atoms. The number of nitrogens with one attached hydrogen (secondary N) is 2. The van der Waals surface area contributed by atoms with Crippen LogP contribution in [0, 0.1) is 17.6 Å². The van der Waals surface area contributed by atoms with E-state index in [1.54, 1.807) is 6.92 Å². The number of carbonyl (C=O) groups is 1. The van der Waals surface area contributed by atoms with Crippen LogP contribution >= 0.6 is 0 Å². The molecule has 4 nitrogen and oxygen atoms in total. The van der Waals surface area contributed by atoms with Crippen molar-refractivity contribution < 1.29 is 18.3 Å². The van der Waals surface area contributed by atoms with E-state index in [1.807, 2.05) is 0 Å². The van der Waals surface area contributed by atoms with Crippen molar-refractivity contribution in [3.63, 3.8) is 0 Å². The number of rotatable bonds is 5. The Hall–Kier alpha value is -1.69. The summed E-state index contributed by atoms with van der Waals surface area (Å²) in [4.78, 5) is 12.0. The van der Waals surface area contributed by atoms with E-state index < -0.39 is 11.6 Å². The Morgan fingerprint density at radius 1 is 1.43 bits per heavy atom. The fraction of sp³-hybridized carbons (Fsp3) is 0.533. The van der Waals surface area contributed by atoms with Crippen LogP contribution in [0.1, 0.15) is 19.8 Å². The number of hydrogen-bond donors (Lipinski definition) is 2. The fourth-order valence-electron chi connectivity index (χ4n) is 2.29. The van der Waals surface area contributed by atoms with Crippen LogP contribution in [0.5, 0.6) is 5.75 Å². The number of hydrogen-bond acceptors (Lipinski definition) is 3. The Morgan fingerprint density at radius 2 is 2.14 bits per heavy atom. The first kappa shape index (κ1) is 15.7. The minimum Gasteiger partial charge on any atom is -0.488 e. The van der Waals surface area contributed by atoms with E-state index in [0.717, 1.165) is 38.1 Å². The Balaban J connectivity index is 1.78. The van der Waals surface area contributed by atoms with E-state index in [2.05, 4.69) is 10.6 Å². The van der Waals surface area contributed by atoms with Gasteiger partial charge in [-0.05, 0) is 45.0 Å². The molecule has 0 aliphatic carbocycles. The standard InChI is InChI=1S/C15H20F2N2O2/c1-10(19-15(20)11-4-6-18-7-5-11)9-21-14-3-2-12(16)8-13(14)17/h2-3,8,10-11,18H,4-7,9H2,1H3,(H,19,20). The van der Waals surface area contributed by atoms with Gasteiger partial charge in [-0.1, -0.05) is 0 Å². The lowest BCUT2D eigenvalue weighted by Gasteiger charge is -2.24. The van der Waals surface area contributed by atoms with E-state index in [4.69, 9.17) is 4.74 Å². The molecule has 1 fully saturated rings. The normalized spacial score (nSPS) is 17.3. The van der Waals surface area contributed by atoms with Gasteiger partial charge in [-0.25, -0.2) is 8.78 Å². The molecule has 1 unspecified atom stereocenters. The first-order valence-electron chi connectivity index (χ1n) is 7.15. The molecular formula is C15H20F2N2O2. The van der Waals surface area contributed by atoms with Crippen LogP contribution < -0.4 is 15.4 Å². The molecule has 116 valence electrons. The minimum absolute atomic E-state index is 0.00665. The smallest absolute Gasteiger partial charge is 0.223 e. The predicted octanol–water partition coefficient (Wildman–Crippen LogP) is 1.85. The average molecular weight is 298 g/mol. The van der Waals surface area contributed by atoms with Gasteiger partial charge in [0.15, 0.2) is 11.6 Å². The van der Waals surface area contributed by atoms with Crippen LogP contribution in [0.25, 0.3) is 0 Å². The van der Waals surface area contributed by atoms with Crippen molar-refractivity contribution in [2.24, 2.45) is 5.92 Å². The van der Waals surface area contributed by atoms with E-state index in [1.165, 1.54) is 6.07 Å². The molecule has 1 saturated heterocycles. The number of halogens is 2. The number of piperidine rings is 1. The van der Waals surface area contributed by atoms with Crippen molar-refractivity contribution in [1.29, 1.82) is 0 Å². The fourth-order valence-corrected chi connectivity index (χ4v) is 2.29. The van der Waals surface area contributed by atoms with Crippen molar-refractivity contribution in [2.45, 2.75) is 25.8 Å². The lowest BCUT2D eigenvalue weighted by atomic mass is 9.97. The van der Waals surface area contributed by atoms with Crippen molar-refractivity contribution in [1.82, 2.24) is 10.6 Å². The highest BCUT2D eigenvalue weighted by atomic mass is 19.1. The zero-order valence-corrected chi connectivity index (χ0v) is 12.0. The maximum absolute atomic E-state index is 13.4. The molecule has 0 bridgehead atoms. The molecule has 0 aromatic heterocycles. The molecule has 0 radical (unpaired) electrons. The van der Waals surface area contributed by atoms with Gasteiger partial charge in [-0.15, -0.1) is 0 Å². The van der Waals surface area contributed by atoms with Crippen LogP contribution in [0.15, 0.2) is 18.2 Å². The largest absolute Gasteiger partial charge is 0.488 e. The first-order valence-corrected chi connectivity index (χ1v) is 7.15. The second-order valence-corrected chi connectivity index (χ2v) is 5.32. The molecular weight excluding hydrogens is 278 g/mol. The van der Waals surface area contributed by atoms with Crippen molar-refractivity contribution >= 4 is 5.91 Å². The van der Waals surface area contributed by atoms with Crippen LogP contribution in [0.2, 0.25) is 0 Å². The molecule has 2 N–H and O–H groups in total. The topological polar surface area (TPSA) is 50.4 Å². The Kier molecular flexibility index (Phi) is 5.50. The minimum atomic E-state index is -0.744. The molecule has 2 rings (SSSR count). The van der Waals surface area contributed by atoms with Gasteiger partial charge in [-0.2, -0.15) is 0 Å². The van der Waals surface area contributed by atoms with Gasteiger partial charge in [0.2, 0.25) is 5.91 Å². The summed E-state index contributed by atoms with van der Waals surface area (Å²) in [6, 6.07) is 2.91. The van der Waals surface area contributed by atoms with E-state index >= 15 is 0 Å². The van der Waals surface area contributed by atoms with Gasteiger partial charge in [0.1, 0.15) is 12.4 Å². The molecule has 1 atom stereocenters. The Bertz CT molecular complexity index is 491. The summed E-state index contributed by atoms with van der Waals surface area (Å²) in [5, 5.41) is 6.07. The molecule has 1 aliphatic heterocycles. The summed E-state index contributed by atoms with van der Waals surface area (Å²) in [5.74, 6) is -1.37. The predicted molar refractivity (Wildman–Crippen MR) is 75.1 cm³/mol. The lowest BCUT2D eigenvalue weighted by Crippen LogP contribution is -2.43. The van der Waals surface area contributed by atoms with Gasteiger partial charge in [0.25, 0.3) is 0 Å². The average Bonchev–Trinajstić information content (AvgIpc) is 2.47. The molecule has 1 aromatic carbocycles. The summed E-state index contributed by atoms with van der Waals surface area (Å²) in [5.41, 5.74) is 0. The molecule has 0 saturated carbocycles. The second kappa shape index (κ2) is 7.36. The number of benzene rings is 1. The summed E-state index contributed by atoms with van der Waals surface area (Å²) < 4.78 is 31.4. The van der Waals surface area contributed by atoms with E-state index in [-0.39, 0.29) is 30.2 Å². The highest BCUT2D eigenvalue weighted by molar-refractivity contribution is 5.79. The van der Waals surface area contributed by atoms with Crippen LogP contribution in [0.4, 0.5) is 8.78 Å². The molecule has 1 aromatic rings. The second-order valence-electron chi connectivity index (χ2n) is 5.32. The van der Waals surface area contributed by atoms with Crippen LogP contribution in [-0.4, -0.2) is 31.6 Å². The zero-order valence-electron chi connectivity index (χ0n) is 12.0. The van der Waals surface area contributed by atoms with Crippen molar-refractivity contribution in [3.8, 4) is 5.75 Å². The molecule has 1 amide bonds. The van der Waals surface area contributed by atoms with Gasteiger partial charge < -0.3 is 15.4 Å². The third-order valence-electron chi connectivity index (χ3n) is 3.48. The highest BCUT2D eigenvalue weighted by Crippen LogP contribution is 2.18. The van der Waals surface area contributed by atoms with Gasteiger partial charge in [-0.3, -0.25) is 4.79 Å². The SMILES string of the molecule is CC(COc1ccc(F)cc1F)NC(=O)C1CCNCC1. The summed E-state index contributed by atoms with van der Waals surface area (Å²) in [7, 11) is 0. The van der Waals surface area contributed by atoms with Gasteiger partial charge in [0.05, 0.1) is 6.04 Å². The van der Waals surface area contributed by atoms with Crippen molar-refractivity contribution in [3.05, 3.63) is 29.8 Å². The molecule has 1 heterocycles. The third-order valence-corrected chi connectivity index (χ3v) is 3.48. The Morgan fingerprint density at radius 3 is 2.81 bits per heavy atom. The summed E-state index contributed by atoms with van der Waals surface area (Å²) in [6.07, 6.45) is 1.65. The van der Waals surface area contributed by atoms with Gasteiger partial charge in [0, 0.05) is 12.0 Å².